The SMILES string of the molecule is CNC(Cc1cccc2ccc(OC)cc12)CC1CC1. The molecule has 0 heterocycles. The van der Waals surface area contributed by atoms with Crippen LogP contribution in [0.2, 0.25) is 0 Å². The molecular formula is C18H23NO. The lowest BCUT2D eigenvalue weighted by Crippen LogP contribution is -2.28. The molecule has 0 aromatic heterocycles. The molecule has 1 N–H and O–H groups in total. The molecule has 1 fully saturated rings. The van der Waals surface area contributed by atoms with Crippen molar-refractivity contribution >= 4 is 10.8 Å². The number of fused-ring (bicyclic) bond motifs is 1. The van der Waals surface area contributed by atoms with Crippen LogP contribution in [-0.2, 0) is 6.42 Å². The minimum Gasteiger partial charge on any atom is -0.497 e. The van der Waals surface area contributed by atoms with Gasteiger partial charge in [-0.05, 0) is 54.3 Å². The maximum Gasteiger partial charge on any atom is 0.119 e. The molecule has 2 aromatic carbocycles. The van der Waals surface area contributed by atoms with E-state index < -0.39 is 0 Å². The van der Waals surface area contributed by atoms with E-state index in [2.05, 4.69) is 42.7 Å². The van der Waals surface area contributed by atoms with E-state index >= 15 is 0 Å². The van der Waals surface area contributed by atoms with E-state index in [1.165, 1.54) is 35.6 Å². The maximum atomic E-state index is 5.37. The number of methoxy groups -OCH3 is 1. The molecule has 1 aliphatic carbocycles. The van der Waals surface area contributed by atoms with Crippen LogP contribution in [0, 0.1) is 5.92 Å². The standard InChI is InChI=1S/C18H23NO/c1-19-16(10-13-6-7-13)11-15-5-3-4-14-8-9-17(20-2)12-18(14)15/h3-5,8-9,12-13,16,19H,6-7,10-11H2,1-2H3. The first-order valence-corrected chi connectivity index (χ1v) is 7.53. The predicted molar refractivity (Wildman–Crippen MR) is 84.4 cm³/mol. The number of hydrogen-bond donors (Lipinski definition) is 1. The molecule has 20 heavy (non-hydrogen) atoms. The van der Waals surface area contributed by atoms with Crippen molar-refractivity contribution < 1.29 is 4.74 Å². The van der Waals surface area contributed by atoms with E-state index in [4.69, 9.17) is 4.74 Å². The summed E-state index contributed by atoms with van der Waals surface area (Å²) in [4.78, 5) is 0. The van der Waals surface area contributed by atoms with Gasteiger partial charge in [0.1, 0.15) is 5.75 Å². The highest BCUT2D eigenvalue weighted by Crippen LogP contribution is 2.34. The van der Waals surface area contributed by atoms with Gasteiger partial charge in [0, 0.05) is 6.04 Å². The van der Waals surface area contributed by atoms with E-state index in [0.717, 1.165) is 18.1 Å². The third kappa shape index (κ3) is 2.96. The molecule has 0 aliphatic heterocycles. The number of ether oxygens (including phenoxy) is 1. The maximum absolute atomic E-state index is 5.37. The summed E-state index contributed by atoms with van der Waals surface area (Å²) >= 11 is 0. The van der Waals surface area contributed by atoms with Gasteiger partial charge in [-0.25, -0.2) is 0 Å². The summed E-state index contributed by atoms with van der Waals surface area (Å²) in [7, 11) is 3.81. The molecule has 2 nitrogen and oxygen atoms in total. The molecule has 3 rings (SSSR count). The zero-order chi connectivity index (χ0) is 13.9. The normalized spacial score (nSPS) is 16.3. The molecular weight excluding hydrogens is 246 g/mol. The van der Waals surface area contributed by atoms with Gasteiger partial charge in [0.25, 0.3) is 0 Å². The van der Waals surface area contributed by atoms with Crippen LogP contribution in [0.15, 0.2) is 36.4 Å². The minimum absolute atomic E-state index is 0.583. The molecule has 0 radical (unpaired) electrons. The topological polar surface area (TPSA) is 21.3 Å². The monoisotopic (exact) mass is 269 g/mol. The third-order valence-corrected chi connectivity index (χ3v) is 4.37. The quantitative estimate of drug-likeness (QED) is 0.861. The molecule has 0 amide bonds. The molecule has 1 atom stereocenters. The van der Waals surface area contributed by atoms with E-state index in [1.54, 1.807) is 7.11 Å². The minimum atomic E-state index is 0.583. The molecule has 1 saturated carbocycles. The number of benzene rings is 2. The van der Waals surface area contributed by atoms with E-state index in [0.29, 0.717) is 6.04 Å². The summed E-state index contributed by atoms with van der Waals surface area (Å²) in [5.74, 6) is 1.89. The van der Waals surface area contributed by atoms with Crippen LogP contribution in [-0.4, -0.2) is 20.2 Å². The molecule has 0 spiro atoms. The second-order valence-corrected chi connectivity index (χ2v) is 5.87. The fourth-order valence-electron chi connectivity index (χ4n) is 2.95. The summed E-state index contributed by atoms with van der Waals surface area (Å²) < 4.78 is 5.37. The molecule has 1 unspecified atom stereocenters. The van der Waals surface area contributed by atoms with Crippen molar-refractivity contribution in [3.63, 3.8) is 0 Å². The van der Waals surface area contributed by atoms with E-state index in [1.807, 2.05) is 6.07 Å². The van der Waals surface area contributed by atoms with Gasteiger partial charge in [0.05, 0.1) is 7.11 Å². The highest BCUT2D eigenvalue weighted by molar-refractivity contribution is 5.87. The van der Waals surface area contributed by atoms with E-state index in [9.17, 15) is 0 Å². The first-order valence-electron chi connectivity index (χ1n) is 7.53. The van der Waals surface area contributed by atoms with Gasteiger partial charge in [0.15, 0.2) is 0 Å². The second-order valence-electron chi connectivity index (χ2n) is 5.87. The summed E-state index contributed by atoms with van der Waals surface area (Å²) in [6, 6.07) is 13.5. The van der Waals surface area contributed by atoms with Crippen LogP contribution in [0.5, 0.6) is 5.75 Å². The smallest absolute Gasteiger partial charge is 0.119 e. The van der Waals surface area contributed by atoms with Crippen molar-refractivity contribution in [2.24, 2.45) is 5.92 Å². The lowest BCUT2D eigenvalue weighted by Gasteiger charge is -2.17. The van der Waals surface area contributed by atoms with Crippen LogP contribution >= 0.6 is 0 Å². The zero-order valence-corrected chi connectivity index (χ0v) is 12.4. The lowest BCUT2D eigenvalue weighted by molar-refractivity contribution is 0.415. The Bertz CT molecular complexity index is 589. The van der Waals surface area contributed by atoms with Crippen LogP contribution < -0.4 is 10.1 Å². The molecule has 1 aliphatic rings. The fraction of sp³-hybridized carbons (Fsp3) is 0.444. The summed E-state index contributed by atoms with van der Waals surface area (Å²) in [5.41, 5.74) is 1.42. The number of rotatable bonds is 6. The van der Waals surface area contributed by atoms with Crippen molar-refractivity contribution in [2.75, 3.05) is 14.2 Å². The molecule has 0 saturated heterocycles. The highest BCUT2D eigenvalue weighted by Gasteiger charge is 2.25. The fourth-order valence-corrected chi connectivity index (χ4v) is 2.95. The van der Waals surface area contributed by atoms with Crippen molar-refractivity contribution in [1.29, 1.82) is 0 Å². The Balaban J connectivity index is 1.88. The Morgan fingerprint density at radius 1 is 1.25 bits per heavy atom. The zero-order valence-electron chi connectivity index (χ0n) is 12.4. The number of hydrogen-bond acceptors (Lipinski definition) is 2. The van der Waals surface area contributed by atoms with Crippen molar-refractivity contribution in [2.45, 2.75) is 31.7 Å². The summed E-state index contributed by atoms with van der Waals surface area (Å²) in [5, 5.41) is 6.10. The lowest BCUT2D eigenvalue weighted by atomic mass is 9.96. The molecule has 106 valence electrons. The Morgan fingerprint density at radius 2 is 2.10 bits per heavy atom. The number of nitrogens with one attached hydrogen (secondary N) is 1. The van der Waals surface area contributed by atoms with Crippen molar-refractivity contribution in [3.8, 4) is 5.75 Å². The van der Waals surface area contributed by atoms with Gasteiger partial charge >= 0.3 is 0 Å². The van der Waals surface area contributed by atoms with Gasteiger partial charge in [-0.1, -0.05) is 37.1 Å². The van der Waals surface area contributed by atoms with Gasteiger partial charge in [-0.2, -0.15) is 0 Å². The molecule has 0 bridgehead atoms. The van der Waals surface area contributed by atoms with Gasteiger partial charge in [-0.3, -0.25) is 0 Å². The van der Waals surface area contributed by atoms with Crippen LogP contribution in [0.3, 0.4) is 0 Å². The molecule has 2 aromatic rings. The first kappa shape index (κ1) is 13.4. The van der Waals surface area contributed by atoms with Gasteiger partial charge in [0.2, 0.25) is 0 Å². The van der Waals surface area contributed by atoms with Gasteiger partial charge < -0.3 is 10.1 Å². The Morgan fingerprint density at radius 3 is 2.80 bits per heavy atom. The van der Waals surface area contributed by atoms with Crippen LogP contribution in [0.4, 0.5) is 0 Å². The third-order valence-electron chi connectivity index (χ3n) is 4.37. The number of likely N-dealkylation sites (N-methyl/N-ethyl adjacent to an activating group) is 1. The predicted octanol–water partition coefficient (Wildman–Crippen LogP) is 3.78. The van der Waals surface area contributed by atoms with Gasteiger partial charge in [-0.15, -0.1) is 0 Å². The highest BCUT2D eigenvalue weighted by atomic mass is 16.5. The first-order chi connectivity index (χ1) is 9.80. The van der Waals surface area contributed by atoms with E-state index in [-0.39, 0.29) is 0 Å². The van der Waals surface area contributed by atoms with Crippen molar-refractivity contribution in [3.05, 3.63) is 42.0 Å². The average Bonchev–Trinajstić information content (AvgIpc) is 3.30. The average molecular weight is 269 g/mol. The Kier molecular flexibility index (Phi) is 3.93. The van der Waals surface area contributed by atoms with Crippen molar-refractivity contribution in [1.82, 2.24) is 5.32 Å². The molecule has 2 heteroatoms. The summed E-state index contributed by atoms with van der Waals surface area (Å²) in [6.07, 6.45) is 5.23. The Labute approximate surface area is 121 Å². The Hall–Kier alpha value is -1.54. The summed E-state index contributed by atoms with van der Waals surface area (Å²) in [6.45, 7) is 0. The largest absolute Gasteiger partial charge is 0.497 e. The van der Waals surface area contributed by atoms with Crippen LogP contribution in [0.1, 0.15) is 24.8 Å². The second kappa shape index (κ2) is 5.84. The van der Waals surface area contributed by atoms with Crippen LogP contribution in [0.25, 0.3) is 10.8 Å².